The number of rotatable bonds is 2. The van der Waals surface area contributed by atoms with Gasteiger partial charge in [-0.3, -0.25) is 0 Å². The fraction of sp³-hybridized carbons (Fsp3) is 0.125. The molecule has 0 saturated carbocycles. The zero-order chi connectivity index (χ0) is 8.97. The van der Waals surface area contributed by atoms with Gasteiger partial charge in [-0.25, -0.2) is 4.79 Å². The van der Waals surface area contributed by atoms with E-state index in [4.69, 9.17) is 0 Å². The third kappa shape index (κ3) is 2.14. The number of carbonyl (C=O) groups excluding carboxylic acids is 1. The molecule has 4 heteroatoms. The van der Waals surface area contributed by atoms with Crippen molar-refractivity contribution in [2.45, 2.75) is 11.8 Å². The second kappa shape index (κ2) is 4.36. The molecule has 0 unspecified atom stereocenters. The molecule has 1 aromatic rings. The molecule has 0 fully saturated rings. The van der Waals surface area contributed by atoms with Gasteiger partial charge in [0.25, 0.3) is 0 Å². The van der Waals surface area contributed by atoms with Crippen LogP contribution >= 0.6 is 22.5 Å². The molecule has 0 aliphatic rings. The van der Waals surface area contributed by atoms with E-state index in [9.17, 15) is 4.79 Å². The largest absolute Gasteiger partial charge is 0.240 e. The molecule has 0 bridgehead atoms. The summed E-state index contributed by atoms with van der Waals surface area (Å²) in [7, 11) is 1.32. The van der Waals surface area contributed by atoms with Crippen LogP contribution in [0.3, 0.4) is 0 Å². The summed E-state index contributed by atoms with van der Waals surface area (Å²) in [6.45, 7) is 1.89. The topological polar surface area (TPSA) is 29.4 Å². The SMILES string of the molecule is Cc1ccc(SS)cc1N=C=O. The van der Waals surface area contributed by atoms with E-state index in [1.54, 1.807) is 6.07 Å². The maximum absolute atomic E-state index is 10.0. The lowest BCUT2D eigenvalue weighted by molar-refractivity contribution is 0.565. The van der Waals surface area contributed by atoms with Crippen LogP contribution in [0.15, 0.2) is 28.1 Å². The molecule has 12 heavy (non-hydrogen) atoms. The minimum Gasteiger partial charge on any atom is -0.211 e. The van der Waals surface area contributed by atoms with Crippen molar-refractivity contribution in [3.05, 3.63) is 23.8 Å². The van der Waals surface area contributed by atoms with Crippen LogP contribution in [-0.2, 0) is 4.79 Å². The maximum Gasteiger partial charge on any atom is 0.240 e. The molecule has 1 rings (SSSR count). The molecule has 0 radical (unpaired) electrons. The van der Waals surface area contributed by atoms with Crippen LogP contribution in [0.5, 0.6) is 0 Å². The van der Waals surface area contributed by atoms with Crippen molar-refractivity contribution in [2.75, 3.05) is 0 Å². The normalized spacial score (nSPS) is 9.17. The zero-order valence-corrected chi connectivity index (χ0v) is 8.15. The van der Waals surface area contributed by atoms with Gasteiger partial charge in [-0.2, -0.15) is 4.99 Å². The molecule has 0 atom stereocenters. The minimum atomic E-state index is 0.657. The summed E-state index contributed by atoms with van der Waals surface area (Å²) in [5.41, 5.74) is 1.62. The minimum absolute atomic E-state index is 0.657. The molecule has 0 aliphatic carbocycles. The Bertz CT molecular complexity index is 332. The highest BCUT2D eigenvalue weighted by Gasteiger charge is 1.97. The Kier molecular flexibility index (Phi) is 3.41. The molecule has 0 spiro atoms. The molecule has 0 saturated heterocycles. The van der Waals surface area contributed by atoms with Gasteiger partial charge in [0.05, 0.1) is 5.69 Å². The number of aryl methyl sites for hydroxylation is 1. The van der Waals surface area contributed by atoms with Gasteiger partial charge in [0.1, 0.15) is 0 Å². The van der Waals surface area contributed by atoms with Crippen molar-refractivity contribution in [1.82, 2.24) is 0 Å². The Balaban J connectivity index is 3.16. The number of benzene rings is 1. The van der Waals surface area contributed by atoms with E-state index in [-0.39, 0.29) is 0 Å². The van der Waals surface area contributed by atoms with Gasteiger partial charge in [-0.05, 0) is 24.6 Å². The standard InChI is InChI=1S/C8H7NOS2/c1-6-2-3-7(12-11)4-8(6)9-5-10/h2-4,11H,1H3. The van der Waals surface area contributed by atoms with Crippen molar-refractivity contribution < 1.29 is 4.79 Å². The van der Waals surface area contributed by atoms with Gasteiger partial charge in [0.2, 0.25) is 6.08 Å². The summed E-state index contributed by atoms with van der Waals surface area (Å²) in [4.78, 5) is 14.5. The fourth-order valence-corrected chi connectivity index (χ4v) is 1.45. The van der Waals surface area contributed by atoms with Crippen LogP contribution in [0, 0.1) is 6.92 Å². The molecule has 1 aromatic carbocycles. The van der Waals surface area contributed by atoms with E-state index < -0.39 is 0 Å². The van der Waals surface area contributed by atoms with Crippen LogP contribution in [0.1, 0.15) is 5.56 Å². The van der Waals surface area contributed by atoms with E-state index in [2.05, 4.69) is 16.7 Å². The van der Waals surface area contributed by atoms with E-state index in [1.807, 2.05) is 19.1 Å². The Morgan fingerprint density at radius 2 is 2.33 bits per heavy atom. The first kappa shape index (κ1) is 9.39. The molecular formula is C8H7NOS2. The molecule has 62 valence electrons. The molecule has 2 nitrogen and oxygen atoms in total. The number of thiol groups is 1. The fourth-order valence-electron chi connectivity index (χ4n) is 0.816. The van der Waals surface area contributed by atoms with E-state index in [1.165, 1.54) is 16.9 Å². The van der Waals surface area contributed by atoms with Gasteiger partial charge < -0.3 is 0 Å². The lowest BCUT2D eigenvalue weighted by Crippen LogP contribution is -1.74. The van der Waals surface area contributed by atoms with Crippen LogP contribution in [0.25, 0.3) is 0 Å². The average Bonchev–Trinajstić information content (AvgIpc) is 2.09. The highest BCUT2D eigenvalue weighted by molar-refractivity contribution is 8.68. The number of aliphatic imine (C=N–C) groups is 1. The molecule has 0 aliphatic heterocycles. The zero-order valence-electron chi connectivity index (χ0n) is 6.44. The van der Waals surface area contributed by atoms with Crippen LogP contribution in [-0.4, -0.2) is 6.08 Å². The Morgan fingerprint density at radius 1 is 1.58 bits per heavy atom. The van der Waals surface area contributed by atoms with Gasteiger partial charge in [-0.15, -0.1) is 11.7 Å². The Hall–Kier alpha value is -0.700. The predicted octanol–water partition coefficient (Wildman–Crippen LogP) is 2.90. The Morgan fingerprint density at radius 3 is 2.92 bits per heavy atom. The second-order valence-electron chi connectivity index (χ2n) is 2.24. The van der Waals surface area contributed by atoms with Crippen molar-refractivity contribution in [2.24, 2.45) is 4.99 Å². The van der Waals surface area contributed by atoms with Gasteiger partial charge in [0.15, 0.2) is 0 Å². The maximum atomic E-state index is 10.0. The molecule has 0 aromatic heterocycles. The molecule has 0 amide bonds. The smallest absolute Gasteiger partial charge is 0.211 e. The third-order valence-electron chi connectivity index (χ3n) is 1.45. The summed E-state index contributed by atoms with van der Waals surface area (Å²) in [5.74, 6) is 0. The van der Waals surface area contributed by atoms with Crippen LogP contribution < -0.4 is 0 Å². The molecule has 0 N–H and O–H groups in total. The van der Waals surface area contributed by atoms with Crippen LogP contribution in [0.4, 0.5) is 5.69 Å². The summed E-state index contributed by atoms with van der Waals surface area (Å²) in [6, 6.07) is 5.63. The third-order valence-corrected chi connectivity index (χ3v) is 2.55. The number of hydrogen-bond donors (Lipinski definition) is 1. The predicted molar refractivity (Wildman–Crippen MR) is 53.8 cm³/mol. The lowest BCUT2D eigenvalue weighted by Gasteiger charge is -1.99. The molecular weight excluding hydrogens is 190 g/mol. The van der Waals surface area contributed by atoms with Crippen molar-refractivity contribution >= 4 is 34.2 Å². The first-order valence-corrected chi connectivity index (χ1v) is 5.14. The first-order valence-electron chi connectivity index (χ1n) is 3.28. The first-order chi connectivity index (χ1) is 5.77. The van der Waals surface area contributed by atoms with Gasteiger partial charge in [-0.1, -0.05) is 16.9 Å². The summed E-state index contributed by atoms with van der Waals surface area (Å²) in [5, 5.41) is 0. The lowest BCUT2D eigenvalue weighted by atomic mass is 10.2. The summed E-state index contributed by atoms with van der Waals surface area (Å²) < 4.78 is 0. The summed E-state index contributed by atoms with van der Waals surface area (Å²) in [6.07, 6.45) is 1.52. The molecule has 0 heterocycles. The monoisotopic (exact) mass is 197 g/mol. The highest BCUT2D eigenvalue weighted by Crippen LogP contribution is 2.27. The van der Waals surface area contributed by atoms with E-state index >= 15 is 0 Å². The Labute approximate surface area is 79.9 Å². The van der Waals surface area contributed by atoms with Crippen LogP contribution in [0.2, 0.25) is 0 Å². The van der Waals surface area contributed by atoms with Gasteiger partial charge in [0, 0.05) is 4.90 Å². The average molecular weight is 197 g/mol. The quantitative estimate of drug-likeness (QED) is 0.342. The second-order valence-corrected chi connectivity index (χ2v) is 3.44. The van der Waals surface area contributed by atoms with Crippen molar-refractivity contribution in [1.29, 1.82) is 0 Å². The van der Waals surface area contributed by atoms with E-state index in [0.29, 0.717) is 5.69 Å². The highest BCUT2D eigenvalue weighted by atomic mass is 33.1. The van der Waals surface area contributed by atoms with Crippen molar-refractivity contribution in [3.8, 4) is 0 Å². The number of isocyanates is 1. The van der Waals surface area contributed by atoms with E-state index in [0.717, 1.165) is 10.5 Å². The summed E-state index contributed by atoms with van der Waals surface area (Å²) >= 11 is 4.04. The number of hydrogen-bond acceptors (Lipinski definition) is 4. The van der Waals surface area contributed by atoms with Crippen molar-refractivity contribution in [3.63, 3.8) is 0 Å². The van der Waals surface area contributed by atoms with Gasteiger partial charge >= 0.3 is 0 Å². The number of nitrogens with zero attached hydrogens (tertiary/aromatic N) is 1.